The Bertz CT molecular complexity index is 1200. The Labute approximate surface area is 222 Å². The van der Waals surface area contributed by atoms with Crippen LogP contribution in [-0.4, -0.2) is 36.6 Å². The number of hydrogen-bond acceptors (Lipinski definition) is 5. The number of amides is 2. The molecule has 0 unspecified atom stereocenters. The first-order valence-corrected chi connectivity index (χ1v) is 12.5. The van der Waals surface area contributed by atoms with Gasteiger partial charge in [0.25, 0.3) is 5.91 Å². The van der Waals surface area contributed by atoms with Gasteiger partial charge in [0.2, 0.25) is 5.91 Å². The van der Waals surface area contributed by atoms with E-state index in [0.717, 1.165) is 18.4 Å². The predicted molar refractivity (Wildman–Crippen MR) is 148 cm³/mol. The van der Waals surface area contributed by atoms with E-state index in [1.807, 2.05) is 60.7 Å². The molecule has 2 N–H and O–H groups in total. The van der Waals surface area contributed by atoms with Gasteiger partial charge < -0.3 is 20.3 Å². The topological polar surface area (TPSA) is 87.7 Å². The Morgan fingerprint density at radius 3 is 2.16 bits per heavy atom. The Balaban J connectivity index is 1.43. The van der Waals surface area contributed by atoms with Crippen LogP contribution in [0, 0.1) is 0 Å². The number of thiocarbonyl (C=S) groups is 1. The number of nitrogens with zero attached hydrogens (tertiary/aromatic N) is 1. The van der Waals surface area contributed by atoms with Crippen molar-refractivity contribution in [2.24, 2.45) is 0 Å². The molecule has 0 heterocycles. The van der Waals surface area contributed by atoms with E-state index in [-0.39, 0.29) is 23.9 Å². The molecule has 0 fully saturated rings. The Kier molecular flexibility index (Phi) is 10.8. The van der Waals surface area contributed by atoms with E-state index in [1.165, 1.54) is 5.56 Å². The van der Waals surface area contributed by atoms with Gasteiger partial charge in [0.15, 0.2) is 5.11 Å². The van der Waals surface area contributed by atoms with Crippen molar-refractivity contribution in [3.63, 3.8) is 0 Å². The van der Waals surface area contributed by atoms with Crippen molar-refractivity contribution >= 4 is 40.8 Å². The van der Waals surface area contributed by atoms with Crippen LogP contribution in [0.15, 0.2) is 84.9 Å². The van der Waals surface area contributed by atoms with Crippen molar-refractivity contribution in [2.75, 3.05) is 18.6 Å². The predicted octanol–water partition coefficient (Wildman–Crippen LogP) is 4.41. The molecule has 0 aromatic heterocycles. The zero-order valence-electron chi connectivity index (χ0n) is 20.8. The number of nitrogens with one attached hydrogen (secondary N) is 2. The number of carbonyl (C=O) groups is 3. The molecule has 0 atom stereocenters. The molecular formula is C29H31N3O4S. The zero-order chi connectivity index (χ0) is 26.5. The standard InChI is InChI=1S/C29H31N3O4S/c1-32(25-17-9-8-16-24(25)28(35)30-21-23-13-6-3-7-14-23)29(37)31-26(33)18-19-27(34)36-20-10-15-22-11-4-2-5-12-22/h2-9,11-14,16-17H,10,15,18-21H2,1H3,(H,30,35)(H,31,33,37). The molecule has 3 aromatic rings. The van der Waals surface area contributed by atoms with Crippen LogP contribution in [-0.2, 0) is 27.3 Å². The summed E-state index contributed by atoms with van der Waals surface area (Å²) in [5.41, 5.74) is 3.15. The van der Waals surface area contributed by atoms with Crippen LogP contribution in [0.5, 0.6) is 0 Å². The van der Waals surface area contributed by atoms with E-state index in [0.29, 0.717) is 24.4 Å². The fourth-order valence-corrected chi connectivity index (χ4v) is 3.81. The number of para-hydroxylation sites is 1. The highest BCUT2D eigenvalue weighted by Crippen LogP contribution is 2.19. The molecule has 0 radical (unpaired) electrons. The average molecular weight is 518 g/mol. The zero-order valence-corrected chi connectivity index (χ0v) is 21.6. The van der Waals surface area contributed by atoms with Crippen molar-refractivity contribution < 1.29 is 19.1 Å². The summed E-state index contributed by atoms with van der Waals surface area (Å²) >= 11 is 5.38. The molecule has 3 rings (SSSR count). The third-order valence-electron chi connectivity index (χ3n) is 5.63. The molecule has 0 saturated carbocycles. The van der Waals surface area contributed by atoms with Gasteiger partial charge in [-0.2, -0.15) is 0 Å². The van der Waals surface area contributed by atoms with E-state index < -0.39 is 11.9 Å². The van der Waals surface area contributed by atoms with Gasteiger partial charge in [0, 0.05) is 20.0 Å². The lowest BCUT2D eigenvalue weighted by Crippen LogP contribution is -2.41. The third kappa shape index (κ3) is 9.16. The second-order valence-corrected chi connectivity index (χ2v) is 8.79. The second kappa shape index (κ2) is 14.5. The van der Waals surface area contributed by atoms with Crippen LogP contribution in [0.25, 0.3) is 0 Å². The highest BCUT2D eigenvalue weighted by atomic mass is 32.1. The lowest BCUT2D eigenvalue weighted by Gasteiger charge is -2.23. The van der Waals surface area contributed by atoms with Crippen LogP contribution in [0.4, 0.5) is 5.69 Å². The van der Waals surface area contributed by atoms with Crippen LogP contribution in [0.2, 0.25) is 0 Å². The molecule has 0 bridgehead atoms. The minimum atomic E-state index is -0.428. The van der Waals surface area contributed by atoms with Crippen LogP contribution in [0.1, 0.15) is 40.7 Å². The summed E-state index contributed by atoms with van der Waals surface area (Å²) in [7, 11) is 1.67. The summed E-state index contributed by atoms with van der Waals surface area (Å²) in [5.74, 6) is -1.08. The van der Waals surface area contributed by atoms with Gasteiger partial charge >= 0.3 is 5.97 Å². The minimum Gasteiger partial charge on any atom is -0.466 e. The Morgan fingerprint density at radius 2 is 1.46 bits per heavy atom. The van der Waals surface area contributed by atoms with E-state index >= 15 is 0 Å². The maximum Gasteiger partial charge on any atom is 0.306 e. The monoisotopic (exact) mass is 517 g/mol. The molecule has 192 valence electrons. The van der Waals surface area contributed by atoms with Gasteiger partial charge in [-0.1, -0.05) is 72.8 Å². The fourth-order valence-electron chi connectivity index (χ4n) is 3.60. The van der Waals surface area contributed by atoms with Crippen molar-refractivity contribution in [1.29, 1.82) is 0 Å². The van der Waals surface area contributed by atoms with Gasteiger partial charge in [0.05, 0.1) is 24.3 Å². The summed E-state index contributed by atoms with van der Waals surface area (Å²) in [6.07, 6.45) is 1.45. The maximum atomic E-state index is 12.8. The highest BCUT2D eigenvalue weighted by Gasteiger charge is 2.18. The second-order valence-electron chi connectivity index (χ2n) is 8.41. The van der Waals surface area contributed by atoms with Gasteiger partial charge in [-0.15, -0.1) is 0 Å². The molecule has 0 aliphatic carbocycles. The van der Waals surface area contributed by atoms with Crippen molar-refractivity contribution in [3.8, 4) is 0 Å². The van der Waals surface area contributed by atoms with Crippen molar-refractivity contribution in [2.45, 2.75) is 32.2 Å². The Hall–Kier alpha value is -4.04. The number of aryl methyl sites for hydroxylation is 1. The largest absolute Gasteiger partial charge is 0.466 e. The number of rotatable bonds is 11. The molecular weight excluding hydrogens is 486 g/mol. The molecule has 37 heavy (non-hydrogen) atoms. The van der Waals surface area contributed by atoms with Gasteiger partial charge in [-0.3, -0.25) is 14.4 Å². The van der Waals surface area contributed by atoms with Crippen molar-refractivity contribution in [3.05, 3.63) is 102 Å². The normalized spacial score (nSPS) is 10.3. The molecule has 2 amide bonds. The summed E-state index contributed by atoms with van der Waals surface area (Å²) in [5, 5.41) is 5.66. The fraction of sp³-hybridized carbons (Fsp3) is 0.241. The lowest BCUT2D eigenvalue weighted by molar-refractivity contribution is -0.145. The number of carbonyl (C=O) groups excluding carboxylic acids is 3. The summed E-state index contributed by atoms with van der Waals surface area (Å²) in [4.78, 5) is 38.8. The van der Waals surface area contributed by atoms with E-state index in [4.69, 9.17) is 17.0 Å². The molecule has 7 nitrogen and oxygen atoms in total. The van der Waals surface area contributed by atoms with Gasteiger partial charge in [-0.05, 0) is 48.3 Å². The quantitative estimate of drug-likeness (QED) is 0.223. The first-order valence-electron chi connectivity index (χ1n) is 12.1. The molecule has 3 aromatic carbocycles. The van der Waals surface area contributed by atoms with Crippen molar-refractivity contribution in [1.82, 2.24) is 10.6 Å². The highest BCUT2D eigenvalue weighted by molar-refractivity contribution is 7.80. The molecule has 0 aliphatic rings. The number of esters is 1. The summed E-state index contributed by atoms with van der Waals surface area (Å²) < 4.78 is 5.23. The van der Waals surface area contributed by atoms with Crippen LogP contribution < -0.4 is 15.5 Å². The summed E-state index contributed by atoms with van der Waals surface area (Å²) in [6.45, 7) is 0.695. The molecule has 0 saturated heterocycles. The SMILES string of the molecule is CN(C(=S)NC(=O)CCC(=O)OCCCc1ccccc1)c1ccccc1C(=O)NCc1ccccc1. The van der Waals surface area contributed by atoms with E-state index in [9.17, 15) is 14.4 Å². The first kappa shape index (κ1) is 27.5. The number of benzene rings is 3. The molecule has 8 heteroatoms. The molecule has 0 aliphatic heterocycles. The minimum absolute atomic E-state index is 0.0397. The van der Waals surface area contributed by atoms with Crippen LogP contribution >= 0.6 is 12.2 Å². The lowest BCUT2D eigenvalue weighted by atomic mass is 10.1. The first-order chi connectivity index (χ1) is 17.9. The molecule has 0 spiro atoms. The van der Waals surface area contributed by atoms with Gasteiger partial charge in [-0.25, -0.2) is 0 Å². The number of ether oxygens (including phenoxy) is 1. The maximum absolute atomic E-state index is 12.8. The van der Waals surface area contributed by atoms with E-state index in [1.54, 1.807) is 36.2 Å². The third-order valence-corrected chi connectivity index (χ3v) is 6.00. The number of anilines is 1. The van der Waals surface area contributed by atoms with Gasteiger partial charge in [0.1, 0.15) is 0 Å². The average Bonchev–Trinajstić information content (AvgIpc) is 2.93. The smallest absolute Gasteiger partial charge is 0.306 e. The number of hydrogen-bond donors (Lipinski definition) is 2. The summed E-state index contributed by atoms with van der Waals surface area (Å²) in [6, 6.07) is 26.6. The Morgan fingerprint density at radius 1 is 0.838 bits per heavy atom. The van der Waals surface area contributed by atoms with E-state index in [2.05, 4.69) is 10.6 Å². The van der Waals surface area contributed by atoms with Crippen LogP contribution in [0.3, 0.4) is 0 Å².